The molecule has 0 spiro atoms. The zero-order valence-electron chi connectivity index (χ0n) is 14.1. The molecule has 3 aromatic heterocycles. The van der Waals surface area contributed by atoms with Crippen LogP contribution in [0.2, 0.25) is 0 Å². The normalized spacial score (nSPS) is 9.79. The van der Waals surface area contributed by atoms with Crippen LogP contribution in [0.3, 0.4) is 0 Å². The van der Waals surface area contributed by atoms with E-state index in [1.165, 1.54) is 0 Å². The molecular formula is C17H19N5O2. The number of rotatable bonds is 3. The van der Waals surface area contributed by atoms with Crippen molar-refractivity contribution in [1.82, 2.24) is 14.4 Å². The molecule has 124 valence electrons. The molecule has 1 N–H and O–H groups in total. The molecule has 0 bridgehead atoms. The average molecular weight is 325 g/mol. The third-order valence-electron chi connectivity index (χ3n) is 3.27. The molecule has 0 atom stereocenters. The first-order valence-electron chi connectivity index (χ1n) is 7.18. The summed E-state index contributed by atoms with van der Waals surface area (Å²) in [5.74, 6) is 0.544. The lowest BCUT2D eigenvalue weighted by atomic mass is 10.1. The van der Waals surface area contributed by atoms with Crippen molar-refractivity contribution < 1.29 is 9.47 Å². The van der Waals surface area contributed by atoms with Gasteiger partial charge in [0.1, 0.15) is 17.4 Å². The number of hydrogen-bond acceptors (Lipinski definition) is 6. The average Bonchev–Trinajstić information content (AvgIpc) is 3.04. The predicted octanol–water partition coefficient (Wildman–Crippen LogP) is 2.58. The Balaban J connectivity index is 0.000000647. The lowest BCUT2D eigenvalue weighted by Gasteiger charge is -2.09. The Morgan fingerprint density at radius 2 is 1.88 bits per heavy atom. The van der Waals surface area contributed by atoms with Crippen molar-refractivity contribution in [3.05, 3.63) is 42.5 Å². The summed E-state index contributed by atoms with van der Waals surface area (Å²) in [5.41, 5.74) is 3.93. The number of ether oxygens (including phenoxy) is 2. The summed E-state index contributed by atoms with van der Waals surface area (Å²) in [4.78, 5) is 8.46. The molecule has 3 rings (SSSR count). The van der Waals surface area contributed by atoms with Crippen molar-refractivity contribution in [2.75, 3.05) is 33.7 Å². The van der Waals surface area contributed by atoms with E-state index in [-0.39, 0.29) is 0 Å². The molecule has 0 aromatic carbocycles. The molecule has 0 aliphatic rings. The first-order chi connectivity index (χ1) is 11.7. The maximum absolute atomic E-state index is 9.09. The lowest BCUT2D eigenvalue weighted by molar-refractivity contribution is 0.277. The molecule has 24 heavy (non-hydrogen) atoms. The lowest BCUT2D eigenvalue weighted by Crippen LogP contribution is -1.97. The molecule has 0 fully saturated rings. The van der Waals surface area contributed by atoms with Gasteiger partial charge in [-0.05, 0) is 18.2 Å². The summed E-state index contributed by atoms with van der Waals surface area (Å²) in [5, 5.41) is 12.1. The summed E-state index contributed by atoms with van der Waals surface area (Å²) in [6.07, 6.45) is 5.18. The van der Waals surface area contributed by atoms with Crippen molar-refractivity contribution in [3.63, 3.8) is 0 Å². The molecule has 7 heteroatoms. The van der Waals surface area contributed by atoms with Gasteiger partial charge in [-0.3, -0.25) is 4.40 Å². The standard InChI is InChI=1S/C15H13N5O.C2H6O/c1-17-13-5-11(7-19-15(13)21-2)10-3-4-14-18-8-12(6-16)20(14)9-10;1-3-2/h3-5,7-9,17H,1-2H3;1-2H3. The van der Waals surface area contributed by atoms with Gasteiger partial charge in [0.15, 0.2) is 0 Å². The molecule has 0 saturated heterocycles. The Hall–Kier alpha value is -3.11. The molecule has 0 amide bonds. The molecule has 0 unspecified atom stereocenters. The fraction of sp³-hybridized carbons (Fsp3) is 0.235. The molecule has 0 aliphatic carbocycles. The van der Waals surface area contributed by atoms with E-state index in [0.717, 1.165) is 22.5 Å². The Bertz CT molecular complexity index is 867. The number of pyridine rings is 2. The van der Waals surface area contributed by atoms with Crippen LogP contribution in [0.4, 0.5) is 5.69 Å². The molecule has 0 aliphatic heterocycles. The van der Waals surface area contributed by atoms with Gasteiger partial charge in [-0.25, -0.2) is 9.97 Å². The fourth-order valence-electron chi connectivity index (χ4n) is 2.19. The number of imidazole rings is 1. The number of fused-ring (bicyclic) bond motifs is 1. The van der Waals surface area contributed by atoms with Crippen molar-refractivity contribution >= 4 is 11.3 Å². The van der Waals surface area contributed by atoms with E-state index in [2.05, 4.69) is 26.1 Å². The van der Waals surface area contributed by atoms with Crippen LogP contribution in [0.15, 0.2) is 36.8 Å². The van der Waals surface area contributed by atoms with E-state index in [1.54, 1.807) is 38.1 Å². The van der Waals surface area contributed by atoms with E-state index in [4.69, 9.17) is 10.00 Å². The highest BCUT2D eigenvalue weighted by atomic mass is 16.5. The first-order valence-corrected chi connectivity index (χ1v) is 7.18. The number of nitrogens with zero attached hydrogens (tertiary/aromatic N) is 4. The number of aromatic nitrogens is 3. The topological polar surface area (TPSA) is 84.5 Å². The molecule has 0 radical (unpaired) electrons. The van der Waals surface area contributed by atoms with Gasteiger partial charge in [0, 0.05) is 44.8 Å². The smallest absolute Gasteiger partial charge is 0.237 e. The SMILES string of the molecule is CNc1cc(-c2ccc3ncc(C#N)n3c2)cnc1OC.COC. The first kappa shape index (κ1) is 17.2. The van der Waals surface area contributed by atoms with Crippen LogP contribution in [0.1, 0.15) is 5.69 Å². The molecular weight excluding hydrogens is 306 g/mol. The monoisotopic (exact) mass is 325 g/mol. The number of nitrogens with one attached hydrogen (secondary N) is 1. The molecule has 3 heterocycles. The van der Waals surface area contributed by atoms with Crippen molar-refractivity contribution in [1.29, 1.82) is 5.26 Å². The van der Waals surface area contributed by atoms with Gasteiger partial charge >= 0.3 is 0 Å². The summed E-state index contributed by atoms with van der Waals surface area (Å²) in [6.45, 7) is 0. The van der Waals surface area contributed by atoms with E-state index in [1.807, 2.05) is 31.4 Å². The van der Waals surface area contributed by atoms with E-state index >= 15 is 0 Å². The summed E-state index contributed by atoms with van der Waals surface area (Å²) in [7, 11) is 6.65. The van der Waals surface area contributed by atoms with Crippen molar-refractivity contribution in [2.45, 2.75) is 0 Å². The van der Waals surface area contributed by atoms with Gasteiger partial charge in [-0.2, -0.15) is 5.26 Å². The minimum Gasteiger partial charge on any atom is -0.480 e. The molecule has 7 nitrogen and oxygen atoms in total. The van der Waals surface area contributed by atoms with Gasteiger partial charge < -0.3 is 14.8 Å². The van der Waals surface area contributed by atoms with Gasteiger partial charge in [0.05, 0.1) is 19.0 Å². The predicted molar refractivity (Wildman–Crippen MR) is 92.2 cm³/mol. The van der Waals surface area contributed by atoms with Gasteiger partial charge in [-0.15, -0.1) is 0 Å². The van der Waals surface area contributed by atoms with Crippen LogP contribution in [-0.2, 0) is 4.74 Å². The van der Waals surface area contributed by atoms with Crippen LogP contribution >= 0.6 is 0 Å². The van der Waals surface area contributed by atoms with Gasteiger partial charge in [0.25, 0.3) is 0 Å². The number of hydrogen-bond donors (Lipinski definition) is 1. The largest absolute Gasteiger partial charge is 0.480 e. The fourth-order valence-corrected chi connectivity index (χ4v) is 2.19. The van der Waals surface area contributed by atoms with Crippen LogP contribution in [0, 0.1) is 11.3 Å². The maximum atomic E-state index is 9.09. The summed E-state index contributed by atoms with van der Waals surface area (Å²) < 4.78 is 11.2. The minimum absolute atomic E-state index is 0.502. The Kier molecular flexibility index (Phi) is 5.71. The maximum Gasteiger partial charge on any atom is 0.237 e. The van der Waals surface area contributed by atoms with Crippen molar-refractivity contribution in [3.8, 4) is 23.1 Å². The quantitative estimate of drug-likeness (QED) is 0.797. The van der Waals surface area contributed by atoms with Crippen LogP contribution < -0.4 is 10.1 Å². The van der Waals surface area contributed by atoms with Crippen molar-refractivity contribution in [2.24, 2.45) is 0 Å². The van der Waals surface area contributed by atoms with E-state index in [0.29, 0.717) is 11.6 Å². The Morgan fingerprint density at radius 3 is 2.50 bits per heavy atom. The molecule has 3 aromatic rings. The van der Waals surface area contributed by atoms with Crippen LogP contribution in [0.5, 0.6) is 5.88 Å². The second-order valence-electron chi connectivity index (χ2n) is 4.84. The van der Waals surface area contributed by atoms with Crippen LogP contribution in [-0.4, -0.2) is 42.7 Å². The van der Waals surface area contributed by atoms with E-state index < -0.39 is 0 Å². The Labute approximate surface area is 140 Å². The third kappa shape index (κ3) is 3.45. The number of methoxy groups -OCH3 is 2. The highest BCUT2D eigenvalue weighted by Crippen LogP contribution is 2.28. The van der Waals surface area contributed by atoms with Gasteiger partial charge in [0.2, 0.25) is 5.88 Å². The summed E-state index contributed by atoms with van der Waals surface area (Å²) >= 11 is 0. The number of anilines is 1. The highest BCUT2D eigenvalue weighted by molar-refractivity contribution is 5.70. The van der Waals surface area contributed by atoms with E-state index in [9.17, 15) is 0 Å². The second kappa shape index (κ2) is 7.94. The second-order valence-corrected chi connectivity index (χ2v) is 4.84. The highest BCUT2D eigenvalue weighted by Gasteiger charge is 2.08. The Morgan fingerprint density at radius 1 is 1.12 bits per heavy atom. The summed E-state index contributed by atoms with van der Waals surface area (Å²) in [6, 6.07) is 7.90. The zero-order chi connectivity index (χ0) is 17.5. The molecule has 0 saturated carbocycles. The van der Waals surface area contributed by atoms with Gasteiger partial charge in [-0.1, -0.05) is 0 Å². The number of nitriles is 1. The zero-order valence-corrected chi connectivity index (χ0v) is 14.1. The minimum atomic E-state index is 0.502. The third-order valence-corrected chi connectivity index (χ3v) is 3.27. The van der Waals surface area contributed by atoms with Crippen LogP contribution in [0.25, 0.3) is 16.8 Å².